The molecule has 0 spiro atoms. The third kappa shape index (κ3) is 7.63. The molecule has 1 saturated heterocycles. The Morgan fingerprint density at radius 3 is 2.83 bits per heavy atom. The van der Waals surface area contributed by atoms with Crippen molar-refractivity contribution < 1.29 is 19.3 Å². The molecule has 1 heterocycles. The number of methoxy groups -OCH3 is 1. The fraction of sp³-hybridized carbons (Fsp3) is 0.652. The van der Waals surface area contributed by atoms with Crippen LogP contribution in [0, 0.1) is 0 Å². The molecule has 1 aromatic carbocycles. The Balaban J connectivity index is 1.41. The van der Waals surface area contributed by atoms with Crippen molar-refractivity contribution in [2.45, 2.75) is 44.8 Å². The monoisotopic (exact) mass is 404 g/mol. The Morgan fingerprint density at radius 2 is 2.07 bits per heavy atom. The lowest BCUT2D eigenvalue weighted by molar-refractivity contribution is 0.00445. The first kappa shape index (κ1) is 22.1. The summed E-state index contributed by atoms with van der Waals surface area (Å²) in [6, 6.07) is 6.00. The van der Waals surface area contributed by atoms with Gasteiger partial charge in [0.05, 0.1) is 20.3 Å². The predicted octanol–water partition coefficient (Wildman–Crippen LogP) is 2.75. The van der Waals surface area contributed by atoms with Crippen LogP contribution in [-0.4, -0.2) is 69.2 Å². The highest BCUT2D eigenvalue weighted by Crippen LogP contribution is 2.28. The van der Waals surface area contributed by atoms with E-state index in [1.165, 1.54) is 31.2 Å². The number of β-amino-alcohol motifs (C(OH)–C–C–N with tert-alkyl or cyclic N) is 1. The second-order valence-electron chi connectivity index (χ2n) is 7.90. The smallest absolute Gasteiger partial charge is 0.161 e. The molecule has 0 bridgehead atoms. The number of benzene rings is 1. The molecule has 1 aliphatic carbocycles. The number of hydrogen-bond acceptors (Lipinski definition) is 6. The zero-order valence-corrected chi connectivity index (χ0v) is 17.7. The Labute approximate surface area is 174 Å². The maximum Gasteiger partial charge on any atom is 0.161 e. The Morgan fingerprint density at radius 1 is 1.21 bits per heavy atom. The summed E-state index contributed by atoms with van der Waals surface area (Å²) in [5, 5.41) is 13.8. The predicted molar refractivity (Wildman–Crippen MR) is 115 cm³/mol. The molecule has 1 aliphatic heterocycles. The van der Waals surface area contributed by atoms with E-state index in [2.05, 4.69) is 22.4 Å². The maximum atomic E-state index is 10.3. The minimum Gasteiger partial charge on any atom is -0.493 e. The molecular weight excluding hydrogens is 368 g/mol. The molecule has 1 unspecified atom stereocenters. The lowest BCUT2D eigenvalue weighted by Gasteiger charge is -2.28. The summed E-state index contributed by atoms with van der Waals surface area (Å²) in [5.74, 6) is 1.38. The number of hydrogen-bond donors (Lipinski definition) is 2. The van der Waals surface area contributed by atoms with Gasteiger partial charge in [0.15, 0.2) is 11.5 Å². The summed E-state index contributed by atoms with van der Waals surface area (Å²) in [6.07, 6.45) is 8.20. The average Bonchev–Trinajstić information content (AvgIpc) is 2.77. The van der Waals surface area contributed by atoms with Gasteiger partial charge in [0.2, 0.25) is 0 Å². The standard InChI is InChI=1S/C23H36N2O4/c1-27-23-15-20(16-24-10-9-19-5-3-2-4-6-19)7-8-22(23)29-18-21(26)17-25-11-13-28-14-12-25/h5,7-8,15,21,24,26H,2-4,6,9-14,16-18H2,1H3. The molecule has 1 fully saturated rings. The average molecular weight is 405 g/mol. The quantitative estimate of drug-likeness (QED) is 0.437. The van der Waals surface area contributed by atoms with Gasteiger partial charge in [0.25, 0.3) is 0 Å². The van der Waals surface area contributed by atoms with Gasteiger partial charge in [-0.15, -0.1) is 0 Å². The molecule has 6 heteroatoms. The molecule has 2 aliphatic rings. The third-order valence-corrected chi connectivity index (χ3v) is 5.57. The summed E-state index contributed by atoms with van der Waals surface area (Å²) in [5.41, 5.74) is 2.77. The SMILES string of the molecule is COc1cc(CNCCC2=CCCCC2)ccc1OCC(O)CN1CCOCC1. The van der Waals surface area contributed by atoms with Crippen LogP contribution in [0.4, 0.5) is 0 Å². The van der Waals surface area contributed by atoms with Gasteiger partial charge in [-0.25, -0.2) is 0 Å². The van der Waals surface area contributed by atoms with Gasteiger partial charge in [-0.05, 0) is 56.3 Å². The number of rotatable bonds is 11. The number of allylic oxidation sites excluding steroid dienone is 1. The molecule has 0 amide bonds. The number of ether oxygens (including phenoxy) is 3. The van der Waals surface area contributed by atoms with Gasteiger partial charge < -0.3 is 24.6 Å². The summed E-state index contributed by atoms with van der Waals surface area (Å²) >= 11 is 0. The lowest BCUT2D eigenvalue weighted by Crippen LogP contribution is -2.42. The Kier molecular flexibility index (Phi) is 9.28. The van der Waals surface area contributed by atoms with Crippen LogP contribution in [0.1, 0.15) is 37.7 Å². The van der Waals surface area contributed by atoms with E-state index in [4.69, 9.17) is 14.2 Å². The summed E-state index contributed by atoms with van der Waals surface area (Å²) in [7, 11) is 1.65. The highest BCUT2D eigenvalue weighted by atomic mass is 16.5. The van der Waals surface area contributed by atoms with Crippen LogP contribution in [0.25, 0.3) is 0 Å². The van der Waals surface area contributed by atoms with Crippen LogP contribution < -0.4 is 14.8 Å². The fourth-order valence-electron chi connectivity index (χ4n) is 3.88. The first-order chi connectivity index (χ1) is 14.2. The minimum absolute atomic E-state index is 0.250. The van der Waals surface area contributed by atoms with Gasteiger partial charge in [0, 0.05) is 26.2 Å². The van der Waals surface area contributed by atoms with Gasteiger partial charge in [0.1, 0.15) is 12.7 Å². The van der Waals surface area contributed by atoms with Crippen LogP contribution in [0.15, 0.2) is 29.8 Å². The summed E-state index contributed by atoms with van der Waals surface area (Å²) in [4.78, 5) is 2.20. The number of nitrogens with zero attached hydrogens (tertiary/aromatic N) is 1. The van der Waals surface area contributed by atoms with E-state index in [1.54, 1.807) is 12.7 Å². The van der Waals surface area contributed by atoms with Crippen molar-refractivity contribution >= 4 is 0 Å². The van der Waals surface area contributed by atoms with Crippen LogP contribution in [0.3, 0.4) is 0 Å². The summed E-state index contributed by atoms with van der Waals surface area (Å²) in [6.45, 7) is 5.84. The topological polar surface area (TPSA) is 63.2 Å². The molecule has 0 aromatic heterocycles. The van der Waals surface area contributed by atoms with Crippen LogP contribution in [0.5, 0.6) is 11.5 Å². The van der Waals surface area contributed by atoms with E-state index in [1.807, 2.05) is 12.1 Å². The second-order valence-corrected chi connectivity index (χ2v) is 7.90. The van der Waals surface area contributed by atoms with Crippen molar-refractivity contribution in [3.63, 3.8) is 0 Å². The first-order valence-corrected chi connectivity index (χ1v) is 10.9. The largest absolute Gasteiger partial charge is 0.493 e. The molecular formula is C23H36N2O4. The third-order valence-electron chi connectivity index (χ3n) is 5.57. The van der Waals surface area contributed by atoms with Crippen LogP contribution in [-0.2, 0) is 11.3 Å². The van der Waals surface area contributed by atoms with E-state index in [0.717, 1.165) is 45.8 Å². The van der Waals surface area contributed by atoms with Gasteiger partial charge >= 0.3 is 0 Å². The van der Waals surface area contributed by atoms with Crippen molar-refractivity contribution in [3.05, 3.63) is 35.4 Å². The molecule has 0 saturated carbocycles. The molecule has 2 N–H and O–H groups in total. The van der Waals surface area contributed by atoms with E-state index in [9.17, 15) is 5.11 Å². The van der Waals surface area contributed by atoms with Gasteiger partial charge in [-0.3, -0.25) is 4.90 Å². The number of aliphatic hydroxyl groups excluding tert-OH is 1. The lowest BCUT2D eigenvalue weighted by atomic mass is 9.97. The zero-order chi connectivity index (χ0) is 20.3. The van der Waals surface area contributed by atoms with Crippen molar-refractivity contribution in [2.75, 3.05) is 53.1 Å². The molecule has 3 rings (SSSR count). The van der Waals surface area contributed by atoms with Crippen LogP contribution in [0.2, 0.25) is 0 Å². The molecule has 6 nitrogen and oxygen atoms in total. The molecule has 1 aromatic rings. The van der Waals surface area contributed by atoms with Crippen molar-refractivity contribution in [3.8, 4) is 11.5 Å². The van der Waals surface area contributed by atoms with Crippen molar-refractivity contribution in [1.82, 2.24) is 10.2 Å². The molecule has 162 valence electrons. The first-order valence-electron chi connectivity index (χ1n) is 10.9. The molecule has 1 atom stereocenters. The van der Waals surface area contributed by atoms with E-state index in [-0.39, 0.29) is 6.61 Å². The normalized spacial score (nSPS) is 18.9. The molecule has 29 heavy (non-hydrogen) atoms. The molecule has 0 radical (unpaired) electrons. The number of nitrogens with one attached hydrogen (secondary N) is 1. The zero-order valence-electron chi connectivity index (χ0n) is 17.7. The van der Waals surface area contributed by atoms with Crippen LogP contribution >= 0.6 is 0 Å². The maximum absolute atomic E-state index is 10.3. The van der Waals surface area contributed by atoms with E-state index in [0.29, 0.717) is 18.0 Å². The minimum atomic E-state index is -0.534. The van der Waals surface area contributed by atoms with Gasteiger partial charge in [-0.2, -0.15) is 0 Å². The number of aliphatic hydroxyl groups is 1. The highest BCUT2D eigenvalue weighted by molar-refractivity contribution is 5.43. The van der Waals surface area contributed by atoms with Crippen molar-refractivity contribution in [2.24, 2.45) is 0 Å². The highest BCUT2D eigenvalue weighted by Gasteiger charge is 2.16. The number of morpholine rings is 1. The Hall–Kier alpha value is -1.60. The Bertz CT molecular complexity index is 644. The second kappa shape index (κ2) is 12.2. The van der Waals surface area contributed by atoms with Gasteiger partial charge in [-0.1, -0.05) is 17.7 Å². The fourth-order valence-corrected chi connectivity index (χ4v) is 3.88. The van der Waals surface area contributed by atoms with Crippen molar-refractivity contribution in [1.29, 1.82) is 0 Å². The van der Waals surface area contributed by atoms with E-state index < -0.39 is 6.10 Å². The van der Waals surface area contributed by atoms with E-state index >= 15 is 0 Å². The summed E-state index contributed by atoms with van der Waals surface area (Å²) < 4.78 is 16.7.